The number of hydrogen-bond acceptors (Lipinski definition) is 2. The summed E-state index contributed by atoms with van der Waals surface area (Å²) >= 11 is 0. The van der Waals surface area contributed by atoms with Gasteiger partial charge in [0.25, 0.3) is 5.91 Å². The maximum Gasteiger partial charge on any atom is 0.254 e. The summed E-state index contributed by atoms with van der Waals surface area (Å²) in [5.74, 6) is -0.228. The molecule has 2 aliphatic rings. The van der Waals surface area contributed by atoms with E-state index in [1.165, 1.54) is 44.5 Å². The van der Waals surface area contributed by atoms with E-state index in [1.807, 2.05) is 4.90 Å². The van der Waals surface area contributed by atoms with E-state index in [0.717, 1.165) is 25.1 Å². The number of carbonyl (C=O) groups is 1. The van der Waals surface area contributed by atoms with Gasteiger partial charge < -0.3 is 4.90 Å². The van der Waals surface area contributed by atoms with Crippen LogP contribution >= 0.6 is 0 Å². The second-order valence-electron chi connectivity index (χ2n) is 6.25. The molecule has 0 aromatic heterocycles. The van der Waals surface area contributed by atoms with Crippen molar-refractivity contribution in [2.45, 2.75) is 38.6 Å². The van der Waals surface area contributed by atoms with Crippen LogP contribution in [0.2, 0.25) is 0 Å². The maximum absolute atomic E-state index is 13.2. The molecule has 3 rings (SSSR count). The third-order valence-corrected chi connectivity index (χ3v) is 4.76. The summed E-state index contributed by atoms with van der Waals surface area (Å²) in [6.07, 6.45) is 4.81. The van der Waals surface area contributed by atoms with E-state index in [4.69, 9.17) is 0 Å². The monoisotopic (exact) mass is 290 g/mol. The normalized spacial score (nSPS) is 23.5. The number of aryl methyl sites for hydroxylation is 1. The summed E-state index contributed by atoms with van der Waals surface area (Å²) in [4.78, 5) is 17.2. The molecular weight excluding hydrogens is 267 g/mol. The lowest BCUT2D eigenvalue weighted by Crippen LogP contribution is -2.49. The average molecular weight is 290 g/mol. The number of rotatable bonds is 2. The van der Waals surface area contributed by atoms with Crippen LogP contribution in [-0.4, -0.2) is 47.9 Å². The van der Waals surface area contributed by atoms with Gasteiger partial charge in [-0.3, -0.25) is 9.69 Å². The molecule has 114 valence electrons. The molecule has 1 unspecified atom stereocenters. The molecule has 0 radical (unpaired) electrons. The molecule has 2 aliphatic heterocycles. The number of likely N-dealkylation sites (tertiary alicyclic amines) is 2. The number of halogens is 1. The molecule has 21 heavy (non-hydrogen) atoms. The van der Waals surface area contributed by atoms with Crippen LogP contribution in [-0.2, 0) is 0 Å². The van der Waals surface area contributed by atoms with Gasteiger partial charge in [-0.15, -0.1) is 0 Å². The fourth-order valence-corrected chi connectivity index (χ4v) is 3.58. The Kier molecular flexibility index (Phi) is 4.24. The van der Waals surface area contributed by atoms with Crippen molar-refractivity contribution in [3.63, 3.8) is 0 Å². The van der Waals surface area contributed by atoms with Crippen LogP contribution in [0, 0.1) is 12.7 Å². The minimum atomic E-state index is -0.280. The van der Waals surface area contributed by atoms with Crippen LogP contribution in [0.15, 0.2) is 18.2 Å². The van der Waals surface area contributed by atoms with Gasteiger partial charge in [0.05, 0.1) is 0 Å². The van der Waals surface area contributed by atoms with Gasteiger partial charge in [0.15, 0.2) is 0 Å². The summed E-state index contributed by atoms with van der Waals surface area (Å²) in [5, 5.41) is 0. The van der Waals surface area contributed by atoms with Crippen molar-refractivity contribution in [3.8, 4) is 0 Å². The topological polar surface area (TPSA) is 23.6 Å². The van der Waals surface area contributed by atoms with Crippen molar-refractivity contribution in [1.82, 2.24) is 9.80 Å². The SMILES string of the molecule is Cc1cc(F)ccc1C(=O)N1CCCC(N2CCCC2)C1. The molecule has 1 aromatic carbocycles. The van der Waals surface area contributed by atoms with Gasteiger partial charge in [-0.2, -0.15) is 0 Å². The molecule has 0 N–H and O–H groups in total. The number of benzene rings is 1. The Balaban J connectivity index is 1.71. The van der Waals surface area contributed by atoms with Crippen LogP contribution in [0.3, 0.4) is 0 Å². The van der Waals surface area contributed by atoms with Gasteiger partial charge in [-0.1, -0.05) is 0 Å². The minimum Gasteiger partial charge on any atom is -0.337 e. The number of piperidine rings is 1. The summed E-state index contributed by atoms with van der Waals surface area (Å²) in [5.41, 5.74) is 1.36. The molecule has 1 atom stereocenters. The first-order valence-corrected chi connectivity index (χ1v) is 7.94. The van der Waals surface area contributed by atoms with Gasteiger partial charge in [0, 0.05) is 24.7 Å². The number of nitrogens with zero attached hydrogens (tertiary/aromatic N) is 2. The fraction of sp³-hybridized carbons (Fsp3) is 0.588. The van der Waals surface area contributed by atoms with Crippen molar-refractivity contribution < 1.29 is 9.18 Å². The molecular formula is C17H23FN2O. The highest BCUT2D eigenvalue weighted by Gasteiger charge is 2.30. The average Bonchev–Trinajstić information content (AvgIpc) is 3.01. The molecule has 1 amide bonds. The molecule has 0 saturated carbocycles. The van der Waals surface area contributed by atoms with E-state index in [-0.39, 0.29) is 11.7 Å². The third-order valence-electron chi connectivity index (χ3n) is 4.76. The molecule has 4 heteroatoms. The van der Waals surface area contributed by atoms with E-state index in [9.17, 15) is 9.18 Å². The predicted octanol–water partition coefficient (Wildman–Crippen LogP) is 2.83. The zero-order chi connectivity index (χ0) is 14.8. The largest absolute Gasteiger partial charge is 0.337 e. The van der Waals surface area contributed by atoms with E-state index in [2.05, 4.69) is 4.90 Å². The number of hydrogen-bond donors (Lipinski definition) is 0. The molecule has 0 spiro atoms. The Morgan fingerprint density at radius 3 is 2.67 bits per heavy atom. The lowest BCUT2D eigenvalue weighted by atomic mass is 10.0. The second kappa shape index (κ2) is 6.14. The highest BCUT2D eigenvalue weighted by atomic mass is 19.1. The van der Waals surface area contributed by atoms with Gasteiger partial charge in [0.1, 0.15) is 5.82 Å². The third kappa shape index (κ3) is 3.10. The molecule has 2 fully saturated rings. The quantitative estimate of drug-likeness (QED) is 0.836. The lowest BCUT2D eigenvalue weighted by molar-refractivity contribution is 0.0607. The molecule has 3 nitrogen and oxygen atoms in total. The number of amides is 1. The molecule has 0 bridgehead atoms. The maximum atomic E-state index is 13.2. The van der Waals surface area contributed by atoms with Crippen molar-refractivity contribution >= 4 is 5.91 Å². The van der Waals surface area contributed by atoms with Crippen LogP contribution in [0.5, 0.6) is 0 Å². The highest BCUT2D eigenvalue weighted by Crippen LogP contribution is 2.22. The Morgan fingerprint density at radius 1 is 1.19 bits per heavy atom. The summed E-state index contributed by atoms with van der Waals surface area (Å²) < 4.78 is 13.2. The first-order valence-electron chi connectivity index (χ1n) is 7.94. The number of carbonyl (C=O) groups excluding carboxylic acids is 1. The second-order valence-corrected chi connectivity index (χ2v) is 6.25. The van der Waals surface area contributed by atoms with Crippen LogP contribution < -0.4 is 0 Å². The van der Waals surface area contributed by atoms with E-state index in [1.54, 1.807) is 13.0 Å². The summed E-state index contributed by atoms with van der Waals surface area (Å²) in [7, 11) is 0. The van der Waals surface area contributed by atoms with Crippen molar-refractivity contribution in [1.29, 1.82) is 0 Å². The molecule has 2 saturated heterocycles. The molecule has 1 aromatic rings. The van der Waals surface area contributed by atoms with E-state index >= 15 is 0 Å². The Hall–Kier alpha value is -1.42. The standard InChI is InChI=1S/C17H23FN2O/c1-13-11-14(18)6-7-16(13)17(21)20-10-4-5-15(12-20)19-8-2-3-9-19/h6-7,11,15H,2-5,8-10,12H2,1H3. The van der Waals surface area contributed by atoms with Gasteiger partial charge in [0.2, 0.25) is 0 Å². The Bertz CT molecular complexity index is 526. The van der Waals surface area contributed by atoms with Crippen molar-refractivity contribution in [3.05, 3.63) is 35.1 Å². The van der Waals surface area contributed by atoms with E-state index < -0.39 is 0 Å². The van der Waals surface area contributed by atoms with Gasteiger partial charge in [-0.25, -0.2) is 4.39 Å². The molecule has 2 heterocycles. The van der Waals surface area contributed by atoms with Crippen molar-refractivity contribution in [2.24, 2.45) is 0 Å². The molecule has 0 aliphatic carbocycles. The predicted molar refractivity (Wildman–Crippen MR) is 80.9 cm³/mol. The first-order chi connectivity index (χ1) is 10.1. The smallest absolute Gasteiger partial charge is 0.254 e. The highest BCUT2D eigenvalue weighted by molar-refractivity contribution is 5.95. The fourth-order valence-electron chi connectivity index (χ4n) is 3.58. The first kappa shape index (κ1) is 14.5. The Morgan fingerprint density at radius 2 is 1.95 bits per heavy atom. The van der Waals surface area contributed by atoms with Crippen LogP contribution in [0.1, 0.15) is 41.6 Å². The van der Waals surface area contributed by atoms with Gasteiger partial charge >= 0.3 is 0 Å². The summed E-state index contributed by atoms with van der Waals surface area (Å²) in [6.45, 7) is 5.78. The van der Waals surface area contributed by atoms with Gasteiger partial charge in [-0.05, 0) is 69.5 Å². The van der Waals surface area contributed by atoms with Crippen LogP contribution in [0.25, 0.3) is 0 Å². The van der Waals surface area contributed by atoms with Crippen molar-refractivity contribution in [2.75, 3.05) is 26.2 Å². The zero-order valence-electron chi connectivity index (χ0n) is 12.6. The lowest BCUT2D eigenvalue weighted by Gasteiger charge is -2.37. The summed E-state index contributed by atoms with van der Waals surface area (Å²) in [6, 6.07) is 4.94. The zero-order valence-corrected chi connectivity index (χ0v) is 12.6. The van der Waals surface area contributed by atoms with Crippen LogP contribution in [0.4, 0.5) is 4.39 Å². The minimum absolute atomic E-state index is 0.0522. The van der Waals surface area contributed by atoms with E-state index in [0.29, 0.717) is 11.6 Å². The Labute approximate surface area is 125 Å².